The van der Waals surface area contributed by atoms with Gasteiger partial charge < -0.3 is 19.6 Å². The maximum absolute atomic E-state index is 12.7. The number of hydrogen-bond donors (Lipinski definition) is 2. The van der Waals surface area contributed by atoms with E-state index >= 15 is 0 Å². The second kappa shape index (κ2) is 9.29. The predicted octanol–water partition coefficient (Wildman–Crippen LogP) is 4.64. The lowest BCUT2D eigenvalue weighted by Gasteiger charge is -2.04. The quantitative estimate of drug-likeness (QED) is 0.403. The van der Waals surface area contributed by atoms with Crippen molar-refractivity contribution in [3.05, 3.63) is 76.1 Å². The van der Waals surface area contributed by atoms with Crippen LogP contribution < -0.4 is 10.6 Å². The normalized spacial score (nSPS) is 10.8. The van der Waals surface area contributed by atoms with E-state index in [9.17, 15) is 9.59 Å². The van der Waals surface area contributed by atoms with Crippen LogP contribution in [0.15, 0.2) is 57.8 Å². The van der Waals surface area contributed by atoms with Crippen molar-refractivity contribution in [2.24, 2.45) is 0 Å². The number of nitrogens with one attached hydrogen (secondary N) is 2. The van der Waals surface area contributed by atoms with Crippen molar-refractivity contribution in [3.8, 4) is 11.3 Å². The number of anilines is 1. The van der Waals surface area contributed by atoms with Crippen LogP contribution in [0.5, 0.6) is 0 Å². The lowest BCUT2D eigenvalue weighted by molar-refractivity contribution is 0.0943. The highest BCUT2D eigenvalue weighted by Gasteiger charge is 2.21. The minimum atomic E-state index is -0.569. The summed E-state index contributed by atoms with van der Waals surface area (Å²) in [5, 5.41) is 14.2. The highest BCUT2D eigenvalue weighted by atomic mass is 35.5. The third-order valence-electron chi connectivity index (χ3n) is 4.49. The Kier molecular flexibility index (Phi) is 6.29. The van der Waals surface area contributed by atoms with Gasteiger partial charge in [0.25, 0.3) is 11.8 Å². The highest BCUT2D eigenvalue weighted by molar-refractivity contribution is 6.36. The monoisotopic (exact) mass is 473 g/mol. The van der Waals surface area contributed by atoms with Crippen molar-refractivity contribution in [1.29, 1.82) is 0 Å². The summed E-state index contributed by atoms with van der Waals surface area (Å²) in [5.41, 5.74) is 0.857. The van der Waals surface area contributed by atoms with Gasteiger partial charge in [-0.15, -0.1) is 0 Å². The van der Waals surface area contributed by atoms with Crippen molar-refractivity contribution >= 4 is 40.7 Å². The summed E-state index contributed by atoms with van der Waals surface area (Å²) in [6, 6.07) is 9.79. The number of hydrogen-bond acceptors (Lipinski definition) is 6. The molecule has 3 heterocycles. The second-order valence-electron chi connectivity index (χ2n) is 6.66. The maximum atomic E-state index is 12.7. The first kappa shape index (κ1) is 21.7. The standard InChI is InChI=1S/C21H17Cl2N5O4/c1-2-28-11-17(19(26-28)21(30)24-10-13-4-3-7-31-13)25-20(29)16-9-18(32-27-16)14-6-5-12(22)8-15(14)23/h3-9,11H,2,10H2,1H3,(H,24,30)(H,25,29). The fraction of sp³-hybridized carbons (Fsp3) is 0.143. The van der Waals surface area contributed by atoms with E-state index in [0.717, 1.165) is 0 Å². The average Bonchev–Trinajstić information content (AvgIpc) is 3.52. The molecular formula is C21H17Cl2N5O4. The van der Waals surface area contributed by atoms with Gasteiger partial charge in [-0.3, -0.25) is 14.3 Å². The summed E-state index contributed by atoms with van der Waals surface area (Å²) in [5.74, 6) is -0.133. The van der Waals surface area contributed by atoms with E-state index in [0.29, 0.717) is 33.7 Å². The van der Waals surface area contributed by atoms with Gasteiger partial charge in [-0.25, -0.2) is 0 Å². The molecule has 32 heavy (non-hydrogen) atoms. The zero-order valence-corrected chi connectivity index (χ0v) is 18.3. The Morgan fingerprint density at radius 2 is 2.00 bits per heavy atom. The molecule has 4 aromatic rings. The molecule has 3 aromatic heterocycles. The number of nitrogens with zero attached hydrogens (tertiary/aromatic N) is 3. The molecule has 0 aliphatic heterocycles. The van der Waals surface area contributed by atoms with Crippen LogP contribution in [-0.4, -0.2) is 26.8 Å². The third kappa shape index (κ3) is 4.68. The first-order valence-corrected chi connectivity index (χ1v) is 10.3. The predicted molar refractivity (Wildman–Crippen MR) is 118 cm³/mol. The number of benzene rings is 1. The van der Waals surface area contributed by atoms with Crippen LogP contribution in [0.2, 0.25) is 10.0 Å². The molecule has 2 N–H and O–H groups in total. The molecule has 4 rings (SSSR count). The Hall–Kier alpha value is -3.56. The molecule has 0 atom stereocenters. The Labute approximate surface area is 192 Å². The maximum Gasteiger partial charge on any atom is 0.277 e. The third-order valence-corrected chi connectivity index (χ3v) is 5.04. The zero-order chi connectivity index (χ0) is 22.7. The lowest BCUT2D eigenvalue weighted by atomic mass is 10.1. The zero-order valence-electron chi connectivity index (χ0n) is 16.8. The van der Waals surface area contributed by atoms with Crippen molar-refractivity contribution in [2.45, 2.75) is 20.0 Å². The molecule has 11 heteroatoms. The van der Waals surface area contributed by atoms with Crippen LogP contribution >= 0.6 is 23.2 Å². The SMILES string of the molecule is CCn1cc(NC(=O)c2cc(-c3ccc(Cl)cc3Cl)on2)c(C(=O)NCc2ccco2)n1. The second-order valence-corrected chi connectivity index (χ2v) is 7.51. The Morgan fingerprint density at radius 3 is 2.72 bits per heavy atom. The van der Waals surface area contributed by atoms with E-state index in [1.54, 1.807) is 41.2 Å². The molecule has 0 unspecified atom stereocenters. The first-order valence-electron chi connectivity index (χ1n) is 9.56. The smallest absolute Gasteiger partial charge is 0.277 e. The van der Waals surface area contributed by atoms with Crippen molar-refractivity contribution in [2.75, 3.05) is 5.32 Å². The van der Waals surface area contributed by atoms with Crippen LogP contribution in [0.3, 0.4) is 0 Å². The Bertz CT molecular complexity index is 1260. The number of aryl methyl sites for hydroxylation is 1. The molecule has 1 aromatic carbocycles. The van der Waals surface area contributed by atoms with Gasteiger partial charge in [0.15, 0.2) is 17.1 Å². The molecule has 0 saturated carbocycles. The van der Waals surface area contributed by atoms with E-state index < -0.39 is 11.8 Å². The summed E-state index contributed by atoms with van der Waals surface area (Å²) < 4.78 is 12.0. The number of carbonyl (C=O) groups excluding carboxylic acids is 2. The van der Waals surface area contributed by atoms with Gasteiger partial charge in [-0.05, 0) is 37.3 Å². The van der Waals surface area contributed by atoms with Crippen LogP contribution in [0.1, 0.15) is 33.7 Å². The number of rotatable bonds is 7. The summed E-state index contributed by atoms with van der Waals surface area (Å²) in [7, 11) is 0. The van der Waals surface area contributed by atoms with Crippen LogP contribution in [0, 0.1) is 0 Å². The van der Waals surface area contributed by atoms with Gasteiger partial charge in [-0.2, -0.15) is 5.10 Å². The molecule has 0 saturated heterocycles. The molecule has 0 radical (unpaired) electrons. The summed E-state index contributed by atoms with van der Waals surface area (Å²) >= 11 is 12.1. The average molecular weight is 474 g/mol. The van der Waals surface area contributed by atoms with E-state index in [2.05, 4.69) is 20.9 Å². The van der Waals surface area contributed by atoms with Gasteiger partial charge >= 0.3 is 0 Å². The van der Waals surface area contributed by atoms with Crippen molar-refractivity contribution in [1.82, 2.24) is 20.3 Å². The summed E-state index contributed by atoms with van der Waals surface area (Å²) in [6.07, 6.45) is 3.08. The van der Waals surface area contributed by atoms with Crippen LogP contribution in [0.4, 0.5) is 5.69 Å². The minimum Gasteiger partial charge on any atom is -0.467 e. The van der Waals surface area contributed by atoms with Crippen molar-refractivity contribution < 1.29 is 18.5 Å². The van der Waals surface area contributed by atoms with Crippen LogP contribution in [0.25, 0.3) is 11.3 Å². The van der Waals surface area contributed by atoms with Gasteiger partial charge in [0.1, 0.15) is 5.76 Å². The fourth-order valence-electron chi connectivity index (χ4n) is 2.89. The molecule has 0 aliphatic carbocycles. The number of halogens is 2. The van der Waals surface area contributed by atoms with E-state index in [-0.39, 0.29) is 23.6 Å². The van der Waals surface area contributed by atoms with Gasteiger partial charge in [0, 0.05) is 29.4 Å². The van der Waals surface area contributed by atoms with Gasteiger partial charge in [-0.1, -0.05) is 28.4 Å². The first-order chi connectivity index (χ1) is 15.4. The van der Waals surface area contributed by atoms with Gasteiger partial charge in [0.05, 0.1) is 23.5 Å². The molecule has 164 valence electrons. The van der Waals surface area contributed by atoms with Crippen molar-refractivity contribution in [3.63, 3.8) is 0 Å². The van der Waals surface area contributed by atoms with E-state index in [4.69, 9.17) is 32.1 Å². The number of furan rings is 1. The molecule has 0 fully saturated rings. The summed E-state index contributed by atoms with van der Waals surface area (Å²) in [6.45, 7) is 2.56. The molecule has 0 spiro atoms. The van der Waals surface area contributed by atoms with Crippen LogP contribution in [-0.2, 0) is 13.1 Å². The number of amides is 2. The van der Waals surface area contributed by atoms with E-state index in [1.165, 1.54) is 12.3 Å². The van der Waals surface area contributed by atoms with Gasteiger partial charge in [0.2, 0.25) is 0 Å². The Morgan fingerprint density at radius 1 is 1.16 bits per heavy atom. The van der Waals surface area contributed by atoms with E-state index in [1.807, 2.05) is 6.92 Å². The highest BCUT2D eigenvalue weighted by Crippen LogP contribution is 2.31. The summed E-state index contributed by atoms with van der Waals surface area (Å²) in [4.78, 5) is 25.4. The molecule has 2 amide bonds. The Balaban J connectivity index is 1.51. The number of carbonyl (C=O) groups is 2. The minimum absolute atomic E-state index is 0.0113. The largest absolute Gasteiger partial charge is 0.467 e. The topological polar surface area (TPSA) is 115 Å². The number of aromatic nitrogens is 3. The molecule has 9 nitrogen and oxygen atoms in total. The lowest BCUT2D eigenvalue weighted by Crippen LogP contribution is -2.25. The molecular weight excluding hydrogens is 457 g/mol. The molecule has 0 aliphatic rings. The molecule has 0 bridgehead atoms. The fourth-order valence-corrected chi connectivity index (χ4v) is 3.39.